The molecular formula is C27H39N5O6. The summed E-state index contributed by atoms with van der Waals surface area (Å²) in [6, 6.07) is 3.50. The number of carbonyl (C=O) groups is 2. The molecule has 11 heteroatoms. The number of carbonyl (C=O) groups excluding carboxylic acids is 2. The molecule has 38 heavy (non-hydrogen) atoms. The van der Waals surface area contributed by atoms with Crippen molar-refractivity contribution in [3.05, 3.63) is 23.5 Å². The second-order valence-electron chi connectivity index (χ2n) is 10.6. The molecule has 1 N–H and O–H groups in total. The highest BCUT2D eigenvalue weighted by molar-refractivity contribution is 5.72. The minimum absolute atomic E-state index is 0.00297. The second kappa shape index (κ2) is 12.6. The van der Waals surface area contributed by atoms with Gasteiger partial charge in [-0.15, -0.1) is 5.10 Å². The van der Waals surface area contributed by atoms with Crippen LogP contribution in [-0.4, -0.2) is 67.8 Å². The number of aromatic nitrogens is 4. The van der Waals surface area contributed by atoms with E-state index in [-0.39, 0.29) is 43.4 Å². The van der Waals surface area contributed by atoms with Gasteiger partial charge < -0.3 is 24.2 Å². The Balaban J connectivity index is 1.42. The maximum atomic E-state index is 12.5. The van der Waals surface area contributed by atoms with E-state index >= 15 is 0 Å². The van der Waals surface area contributed by atoms with Crippen LogP contribution < -0.4 is 4.74 Å². The third-order valence-electron chi connectivity index (χ3n) is 7.27. The molecule has 4 rings (SSSR count). The lowest BCUT2D eigenvalue weighted by molar-refractivity contribution is -0.154. The highest BCUT2D eigenvalue weighted by Crippen LogP contribution is 2.32. The number of nitrogens with zero attached hydrogens (tertiary/aromatic N) is 5. The Morgan fingerprint density at radius 3 is 2.63 bits per heavy atom. The number of amides is 1. The molecule has 2 saturated carbocycles. The molecule has 2 heterocycles. The normalized spacial score (nSPS) is 19.6. The van der Waals surface area contributed by atoms with Gasteiger partial charge in [0.2, 0.25) is 0 Å². The monoisotopic (exact) mass is 529 g/mol. The van der Waals surface area contributed by atoms with Gasteiger partial charge in [0.05, 0.1) is 30.4 Å². The standard InChI is InChI=1S/C27H39N5O6/c1-17(2)37-26(34)19-9-6-10-20(13-19)38-24-12-11-21(28-22(24)15-33)25-23(32(4)30-29-25)16-36-27(35)31(3)14-18-7-5-8-18/h11-12,17-20,33H,5-10,13-16H2,1-4H3/t19-,20-/m0/s1. The van der Waals surface area contributed by atoms with Crippen LogP contribution in [0.25, 0.3) is 11.4 Å². The largest absolute Gasteiger partial charge is 0.488 e. The van der Waals surface area contributed by atoms with Gasteiger partial charge in [-0.2, -0.15) is 0 Å². The molecule has 2 fully saturated rings. The average Bonchev–Trinajstić information content (AvgIpc) is 3.24. The van der Waals surface area contributed by atoms with Crippen LogP contribution >= 0.6 is 0 Å². The van der Waals surface area contributed by atoms with Crippen molar-refractivity contribution in [3.8, 4) is 17.1 Å². The van der Waals surface area contributed by atoms with Crippen molar-refractivity contribution in [2.75, 3.05) is 13.6 Å². The number of hydrogen-bond acceptors (Lipinski definition) is 9. The van der Waals surface area contributed by atoms with E-state index in [4.69, 9.17) is 14.2 Å². The maximum absolute atomic E-state index is 12.5. The fraction of sp³-hybridized carbons (Fsp3) is 0.667. The Bertz CT molecular complexity index is 1120. The zero-order chi connectivity index (χ0) is 27.2. The van der Waals surface area contributed by atoms with E-state index in [1.807, 2.05) is 13.8 Å². The van der Waals surface area contributed by atoms with Gasteiger partial charge in [0, 0.05) is 20.6 Å². The molecule has 0 aromatic carbocycles. The van der Waals surface area contributed by atoms with Crippen molar-refractivity contribution in [3.63, 3.8) is 0 Å². The molecule has 2 aliphatic rings. The first-order valence-corrected chi connectivity index (χ1v) is 13.5. The van der Waals surface area contributed by atoms with Crippen molar-refractivity contribution in [2.24, 2.45) is 18.9 Å². The third-order valence-corrected chi connectivity index (χ3v) is 7.27. The van der Waals surface area contributed by atoms with Crippen molar-refractivity contribution < 1.29 is 28.9 Å². The smallest absolute Gasteiger partial charge is 0.409 e. The summed E-state index contributed by atoms with van der Waals surface area (Å²) < 4.78 is 18.7. The molecule has 0 spiro atoms. The molecule has 208 valence electrons. The Labute approximate surface area is 223 Å². The van der Waals surface area contributed by atoms with Gasteiger partial charge in [-0.25, -0.2) is 14.5 Å². The second-order valence-corrected chi connectivity index (χ2v) is 10.6. The summed E-state index contributed by atoms with van der Waals surface area (Å²) in [7, 11) is 3.48. The Morgan fingerprint density at radius 2 is 1.95 bits per heavy atom. The predicted octanol–water partition coefficient (Wildman–Crippen LogP) is 3.63. The van der Waals surface area contributed by atoms with E-state index in [1.165, 1.54) is 6.42 Å². The summed E-state index contributed by atoms with van der Waals surface area (Å²) >= 11 is 0. The van der Waals surface area contributed by atoms with Gasteiger partial charge in [0.1, 0.15) is 29.4 Å². The molecule has 0 radical (unpaired) electrons. The molecule has 1 amide bonds. The topological polar surface area (TPSA) is 129 Å². The summed E-state index contributed by atoms with van der Waals surface area (Å²) in [6.45, 7) is 4.05. The van der Waals surface area contributed by atoms with Gasteiger partial charge in [-0.3, -0.25) is 4.79 Å². The average molecular weight is 530 g/mol. The summed E-state index contributed by atoms with van der Waals surface area (Å²) in [5.41, 5.74) is 1.92. The van der Waals surface area contributed by atoms with E-state index < -0.39 is 0 Å². The lowest BCUT2D eigenvalue weighted by Gasteiger charge is -2.29. The number of aliphatic hydroxyl groups is 1. The van der Waals surface area contributed by atoms with Gasteiger partial charge >= 0.3 is 12.1 Å². The van der Waals surface area contributed by atoms with E-state index in [9.17, 15) is 14.7 Å². The fourth-order valence-corrected chi connectivity index (χ4v) is 4.93. The van der Waals surface area contributed by atoms with Gasteiger partial charge in [0.25, 0.3) is 0 Å². The number of esters is 1. The lowest BCUT2D eigenvalue weighted by atomic mass is 9.85. The lowest BCUT2D eigenvalue weighted by Crippen LogP contribution is -2.34. The first-order valence-electron chi connectivity index (χ1n) is 13.5. The first kappa shape index (κ1) is 27.8. The van der Waals surface area contributed by atoms with Crippen molar-refractivity contribution in [2.45, 2.75) is 84.2 Å². The highest BCUT2D eigenvalue weighted by Gasteiger charge is 2.31. The van der Waals surface area contributed by atoms with Crippen LogP contribution in [0.15, 0.2) is 12.1 Å². The molecule has 2 aromatic rings. The van der Waals surface area contributed by atoms with E-state index in [0.29, 0.717) is 47.4 Å². The quantitative estimate of drug-likeness (QED) is 0.459. The number of aryl methyl sites for hydroxylation is 1. The summed E-state index contributed by atoms with van der Waals surface area (Å²) in [4.78, 5) is 31.1. The van der Waals surface area contributed by atoms with Crippen LogP contribution in [0.1, 0.15) is 70.2 Å². The van der Waals surface area contributed by atoms with E-state index in [1.54, 1.807) is 35.8 Å². The minimum atomic E-state index is -0.389. The number of hydrogen-bond donors (Lipinski definition) is 1. The number of rotatable bonds is 10. The zero-order valence-corrected chi connectivity index (χ0v) is 22.8. The number of pyridine rings is 1. The molecule has 0 saturated heterocycles. The van der Waals surface area contributed by atoms with Crippen LogP contribution in [0.4, 0.5) is 4.79 Å². The molecule has 0 aliphatic heterocycles. The van der Waals surface area contributed by atoms with Crippen LogP contribution in [0, 0.1) is 11.8 Å². The van der Waals surface area contributed by atoms with Gasteiger partial charge in [0.15, 0.2) is 0 Å². The number of aliphatic hydroxyl groups excluding tert-OH is 1. The summed E-state index contributed by atoms with van der Waals surface area (Å²) in [6.07, 6.45) is 5.83. The van der Waals surface area contributed by atoms with Crippen molar-refractivity contribution in [1.82, 2.24) is 24.9 Å². The minimum Gasteiger partial charge on any atom is -0.488 e. The molecule has 2 aromatic heterocycles. The van der Waals surface area contributed by atoms with Crippen LogP contribution in [0.3, 0.4) is 0 Å². The first-order chi connectivity index (χ1) is 18.2. The number of ether oxygens (including phenoxy) is 3. The molecular weight excluding hydrogens is 490 g/mol. The van der Waals surface area contributed by atoms with E-state index in [2.05, 4.69) is 15.3 Å². The van der Waals surface area contributed by atoms with Crippen LogP contribution in [-0.2, 0) is 34.5 Å². The molecule has 0 unspecified atom stereocenters. The van der Waals surface area contributed by atoms with Crippen LogP contribution in [0.2, 0.25) is 0 Å². The van der Waals surface area contributed by atoms with Crippen molar-refractivity contribution >= 4 is 12.1 Å². The van der Waals surface area contributed by atoms with Gasteiger partial charge in [-0.1, -0.05) is 11.6 Å². The third kappa shape index (κ3) is 6.80. The summed E-state index contributed by atoms with van der Waals surface area (Å²) in [5, 5.41) is 18.3. The Hall–Kier alpha value is -3.21. The molecule has 0 bridgehead atoms. The van der Waals surface area contributed by atoms with E-state index in [0.717, 1.165) is 32.1 Å². The Kier molecular flexibility index (Phi) is 9.19. The zero-order valence-electron chi connectivity index (χ0n) is 22.8. The fourth-order valence-electron chi connectivity index (χ4n) is 4.93. The van der Waals surface area contributed by atoms with Gasteiger partial charge in [-0.05, 0) is 70.4 Å². The predicted molar refractivity (Wildman–Crippen MR) is 138 cm³/mol. The molecule has 11 nitrogen and oxygen atoms in total. The molecule has 2 atom stereocenters. The summed E-state index contributed by atoms with van der Waals surface area (Å²) in [5.74, 6) is 0.637. The van der Waals surface area contributed by atoms with Crippen molar-refractivity contribution in [1.29, 1.82) is 0 Å². The maximum Gasteiger partial charge on any atom is 0.409 e. The SMILES string of the molecule is CC(C)OC(=O)[C@H]1CCC[C@H](Oc2ccc(-c3nnn(C)c3COC(=O)N(C)CC3CCC3)nc2CO)C1. The Morgan fingerprint density at radius 1 is 1.18 bits per heavy atom. The highest BCUT2D eigenvalue weighted by atomic mass is 16.6. The van der Waals surface area contributed by atoms with Crippen LogP contribution in [0.5, 0.6) is 5.75 Å². The molecule has 2 aliphatic carbocycles.